The molecule has 11 heteroatoms. The van der Waals surface area contributed by atoms with Gasteiger partial charge in [0.05, 0.1) is 18.5 Å². The largest absolute Gasteiger partial charge is 0.464 e. The molecule has 0 aromatic carbocycles. The first kappa shape index (κ1) is 29.7. The third kappa shape index (κ3) is 9.52. The molecule has 1 aromatic rings. The Morgan fingerprint density at radius 2 is 1.85 bits per heavy atom. The van der Waals surface area contributed by atoms with Crippen LogP contribution in [0.3, 0.4) is 0 Å². The molecule has 34 heavy (non-hydrogen) atoms. The summed E-state index contributed by atoms with van der Waals surface area (Å²) in [6.45, 7) is 9.20. The molecule has 1 atom stereocenters. The highest BCUT2D eigenvalue weighted by molar-refractivity contribution is 9.09. The molecule has 1 aromatic heterocycles. The molecule has 1 N–H and O–H groups in total. The number of carbonyl (C=O) groups is 3. The second-order valence-corrected chi connectivity index (χ2v) is 9.53. The average molecular weight is 538 g/mol. The molecule has 1 saturated heterocycles. The number of hydrogen-bond donors (Lipinski definition) is 1. The van der Waals surface area contributed by atoms with E-state index in [0.717, 1.165) is 31.6 Å². The standard InChI is InChI=1S/C23H35BrN4O5.B/c1-5-32-21(30)19(15-26-22(31)33-23(2,3)4)28(20(29)14-24)16-17-8-12-27(13-9-17)18-6-10-25-11-7-18;/h6-7,10-11,17,19H,5,8-9,12-16H2,1-4H3,(H,26,31);. The van der Waals surface area contributed by atoms with Crippen LogP contribution in [0.5, 0.6) is 0 Å². The van der Waals surface area contributed by atoms with E-state index in [4.69, 9.17) is 9.47 Å². The Kier molecular flexibility index (Phi) is 12.4. The second kappa shape index (κ2) is 14.2. The molecule has 0 bridgehead atoms. The molecule has 2 heterocycles. The molecule has 1 aliphatic heterocycles. The maximum atomic E-state index is 12.8. The number of ether oxygens (including phenoxy) is 2. The highest BCUT2D eigenvalue weighted by Gasteiger charge is 2.34. The number of rotatable bonds is 9. The molecule has 2 rings (SSSR count). The molecular weight excluding hydrogens is 503 g/mol. The van der Waals surface area contributed by atoms with Crippen molar-refractivity contribution in [3.05, 3.63) is 24.5 Å². The number of halogens is 1. The lowest BCUT2D eigenvalue weighted by Gasteiger charge is -2.38. The van der Waals surface area contributed by atoms with E-state index < -0.39 is 23.7 Å². The van der Waals surface area contributed by atoms with Gasteiger partial charge >= 0.3 is 12.1 Å². The van der Waals surface area contributed by atoms with E-state index in [9.17, 15) is 14.4 Å². The van der Waals surface area contributed by atoms with Gasteiger partial charge in [0.1, 0.15) is 11.6 Å². The lowest BCUT2D eigenvalue weighted by Crippen LogP contribution is -2.54. The van der Waals surface area contributed by atoms with Gasteiger partial charge in [-0.3, -0.25) is 9.78 Å². The molecule has 1 fully saturated rings. The third-order valence-electron chi connectivity index (χ3n) is 5.31. The van der Waals surface area contributed by atoms with Crippen molar-refractivity contribution in [3.8, 4) is 0 Å². The van der Waals surface area contributed by atoms with Gasteiger partial charge in [0.15, 0.2) is 0 Å². The molecular formula is C23H35BBrN4O5. The van der Waals surface area contributed by atoms with Crippen molar-refractivity contribution in [3.63, 3.8) is 0 Å². The quantitative estimate of drug-likeness (QED) is 0.293. The van der Waals surface area contributed by atoms with Crippen molar-refractivity contribution >= 4 is 48.0 Å². The van der Waals surface area contributed by atoms with E-state index in [-0.39, 0.29) is 38.7 Å². The zero-order chi connectivity index (χ0) is 24.4. The summed E-state index contributed by atoms with van der Waals surface area (Å²) < 4.78 is 10.5. The van der Waals surface area contributed by atoms with Crippen molar-refractivity contribution in [2.24, 2.45) is 5.92 Å². The van der Waals surface area contributed by atoms with Crippen molar-refractivity contribution in [1.82, 2.24) is 15.2 Å². The molecule has 0 spiro atoms. The number of hydrogen-bond acceptors (Lipinski definition) is 7. The third-order valence-corrected chi connectivity index (χ3v) is 5.79. The lowest BCUT2D eigenvalue weighted by molar-refractivity contribution is -0.154. The monoisotopic (exact) mass is 537 g/mol. The average Bonchev–Trinajstić information content (AvgIpc) is 2.78. The van der Waals surface area contributed by atoms with Gasteiger partial charge in [-0.05, 0) is 58.6 Å². The van der Waals surface area contributed by atoms with Crippen LogP contribution in [0.2, 0.25) is 0 Å². The van der Waals surface area contributed by atoms with Crippen LogP contribution in [0.15, 0.2) is 24.5 Å². The highest BCUT2D eigenvalue weighted by Crippen LogP contribution is 2.24. The fourth-order valence-corrected chi connectivity index (χ4v) is 4.06. The molecule has 9 nitrogen and oxygen atoms in total. The smallest absolute Gasteiger partial charge is 0.407 e. The van der Waals surface area contributed by atoms with Gasteiger partial charge in [-0.1, -0.05) is 15.9 Å². The number of pyridine rings is 1. The van der Waals surface area contributed by atoms with Crippen LogP contribution in [-0.2, 0) is 19.1 Å². The summed E-state index contributed by atoms with van der Waals surface area (Å²) in [6, 6.07) is 3.04. The highest BCUT2D eigenvalue weighted by atomic mass is 79.9. The minimum absolute atomic E-state index is 0. The van der Waals surface area contributed by atoms with Gasteiger partial charge in [-0.2, -0.15) is 0 Å². The number of esters is 1. The molecule has 187 valence electrons. The molecule has 2 amide bonds. The van der Waals surface area contributed by atoms with Crippen LogP contribution in [0.25, 0.3) is 0 Å². The fraction of sp³-hybridized carbons (Fsp3) is 0.652. The maximum Gasteiger partial charge on any atom is 0.407 e. The van der Waals surface area contributed by atoms with Crippen LogP contribution in [0.1, 0.15) is 40.5 Å². The molecule has 1 aliphatic rings. The van der Waals surface area contributed by atoms with Gasteiger partial charge in [0, 0.05) is 46.1 Å². The number of alkyl carbamates (subject to hydrolysis) is 1. The number of aromatic nitrogens is 1. The predicted octanol–water partition coefficient (Wildman–Crippen LogP) is 2.60. The number of nitrogens with zero attached hydrogens (tertiary/aromatic N) is 3. The number of amides is 2. The van der Waals surface area contributed by atoms with Crippen LogP contribution in [0.4, 0.5) is 10.5 Å². The van der Waals surface area contributed by atoms with E-state index in [1.54, 1.807) is 40.1 Å². The summed E-state index contributed by atoms with van der Waals surface area (Å²) in [5, 5.41) is 2.69. The van der Waals surface area contributed by atoms with Crippen molar-refractivity contribution in [2.45, 2.75) is 52.2 Å². The van der Waals surface area contributed by atoms with Gasteiger partial charge in [-0.15, -0.1) is 0 Å². The summed E-state index contributed by atoms with van der Waals surface area (Å²) in [5.41, 5.74) is 0.459. The summed E-state index contributed by atoms with van der Waals surface area (Å²) in [6.07, 6.45) is 4.67. The number of carbonyl (C=O) groups excluding carboxylic acids is 3. The Balaban J connectivity index is 0.00000578. The summed E-state index contributed by atoms with van der Waals surface area (Å²) in [4.78, 5) is 45.6. The van der Waals surface area contributed by atoms with Gasteiger partial charge in [0.2, 0.25) is 5.91 Å². The van der Waals surface area contributed by atoms with Crippen LogP contribution in [0, 0.1) is 5.92 Å². The Morgan fingerprint density at radius 3 is 2.38 bits per heavy atom. The Hall–Kier alpha value is -2.30. The van der Waals surface area contributed by atoms with E-state index >= 15 is 0 Å². The maximum absolute atomic E-state index is 12.8. The molecule has 0 aliphatic carbocycles. The molecule has 3 radical (unpaired) electrons. The van der Waals surface area contributed by atoms with Gasteiger partial charge < -0.3 is 24.6 Å². The van der Waals surface area contributed by atoms with Crippen molar-refractivity contribution < 1.29 is 23.9 Å². The molecule has 0 saturated carbocycles. The fourth-order valence-electron chi connectivity index (χ4n) is 3.74. The topological polar surface area (TPSA) is 101 Å². The number of alkyl halides is 1. The minimum Gasteiger partial charge on any atom is -0.464 e. The SMILES string of the molecule is CCOC(=O)C(CNC(=O)OC(C)(C)C)N(CC1CCN(c2ccncc2)CC1)C(=O)CBr.[B]. The van der Waals surface area contributed by atoms with Crippen molar-refractivity contribution in [2.75, 3.05) is 43.0 Å². The zero-order valence-electron chi connectivity index (χ0n) is 20.5. The summed E-state index contributed by atoms with van der Waals surface area (Å²) in [5.74, 6) is -0.544. The zero-order valence-corrected chi connectivity index (χ0v) is 22.0. The predicted molar refractivity (Wildman–Crippen MR) is 135 cm³/mol. The summed E-state index contributed by atoms with van der Waals surface area (Å²) in [7, 11) is 0. The van der Waals surface area contributed by atoms with Crippen molar-refractivity contribution in [1.29, 1.82) is 0 Å². The van der Waals surface area contributed by atoms with Gasteiger partial charge in [-0.25, -0.2) is 9.59 Å². The van der Waals surface area contributed by atoms with E-state index in [2.05, 4.69) is 31.1 Å². The first-order valence-corrected chi connectivity index (χ1v) is 12.4. The Bertz CT molecular complexity index is 785. The number of nitrogens with one attached hydrogen (secondary N) is 1. The van der Waals surface area contributed by atoms with Crippen LogP contribution >= 0.6 is 15.9 Å². The van der Waals surface area contributed by atoms with E-state index in [0.29, 0.717) is 6.54 Å². The number of anilines is 1. The minimum atomic E-state index is -0.930. The Labute approximate surface area is 212 Å². The van der Waals surface area contributed by atoms with Crippen LogP contribution in [-0.4, -0.2) is 86.0 Å². The molecule has 1 unspecified atom stereocenters. The van der Waals surface area contributed by atoms with Crippen LogP contribution < -0.4 is 10.2 Å². The first-order valence-electron chi connectivity index (χ1n) is 11.3. The number of piperidine rings is 1. The normalized spacial score (nSPS) is 15.0. The van der Waals surface area contributed by atoms with Gasteiger partial charge in [0.25, 0.3) is 0 Å². The lowest BCUT2D eigenvalue weighted by atomic mass is 9.95. The van der Waals surface area contributed by atoms with E-state index in [1.807, 2.05) is 12.1 Å². The summed E-state index contributed by atoms with van der Waals surface area (Å²) >= 11 is 3.23. The van der Waals surface area contributed by atoms with E-state index in [1.165, 1.54) is 4.90 Å². The second-order valence-electron chi connectivity index (χ2n) is 8.97. The Morgan fingerprint density at radius 1 is 1.24 bits per heavy atom. The first-order chi connectivity index (χ1) is 15.6.